The number of methoxy groups -OCH3 is 2. The number of carbonyl (C=O) groups is 1. The molecule has 5 aliphatic heterocycles. The molecule has 13 nitrogen and oxygen atoms in total. The quantitative estimate of drug-likeness (QED) is 0.233. The maximum Gasteiger partial charge on any atom is 0.343 e. The Hall–Kier alpha value is -4.69. The van der Waals surface area contributed by atoms with Crippen molar-refractivity contribution in [3.8, 4) is 45.6 Å². The normalized spacial score (nSPS) is 33.0. The Kier molecular flexibility index (Phi) is 5.82. The molecule has 6 N–H and O–H groups in total. The molecule has 1 spiro atoms. The number of aliphatic hydroxyl groups is 3. The molecular weight excluding hydrogens is 590 g/mol. The van der Waals surface area contributed by atoms with Crippen molar-refractivity contribution in [2.45, 2.75) is 47.8 Å². The highest BCUT2D eigenvalue weighted by Crippen LogP contribution is 2.62. The Morgan fingerprint density at radius 3 is 2.60 bits per heavy atom. The van der Waals surface area contributed by atoms with Crippen LogP contribution in [0.2, 0.25) is 0 Å². The van der Waals surface area contributed by atoms with E-state index in [9.17, 15) is 30.3 Å². The minimum Gasteiger partial charge on any atom is -0.508 e. The van der Waals surface area contributed by atoms with Gasteiger partial charge in [0.1, 0.15) is 35.8 Å². The number of ether oxygens (including phenoxy) is 6. The second-order valence-corrected chi connectivity index (χ2v) is 11.7. The molecule has 234 valence electrons. The van der Waals surface area contributed by atoms with Gasteiger partial charge in [0.25, 0.3) is 5.79 Å². The highest BCUT2D eigenvalue weighted by molar-refractivity contribution is 5.85. The molecule has 45 heavy (non-hydrogen) atoms. The third-order valence-corrected chi connectivity index (χ3v) is 9.37. The summed E-state index contributed by atoms with van der Waals surface area (Å²) in [7, 11) is 3.08. The molecule has 3 aromatic rings. The second-order valence-electron chi connectivity index (χ2n) is 11.7. The minimum atomic E-state index is -2.37. The van der Waals surface area contributed by atoms with Gasteiger partial charge in [0.15, 0.2) is 29.1 Å². The van der Waals surface area contributed by atoms with Gasteiger partial charge in [0, 0.05) is 11.1 Å². The number of benzene rings is 3. The number of phenolic OH excluding ortho intramolecular Hbond substituents is 1. The number of aliphatic carboxylic acids is 1. The maximum absolute atomic E-state index is 12.3. The first-order chi connectivity index (χ1) is 21.6. The fourth-order valence-corrected chi connectivity index (χ4v) is 7.19. The third kappa shape index (κ3) is 3.54. The van der Waals surface area contributed by atoms with E-state index in [1.54, 1.807) is 31.4 Å². The number of nitrogens with one attached hydrogen (secondary N) is 1. The molecule has 2 bridgehead atoms. The first kappa shape index (κ1) is 27.8. The van der Waals surface area contributed by atoms with Crippen molar-refractivity contribution in [3.63, 3.8) is 0 Å². The van der Waals surface area contributed by atoms with Crippen LogP contribution in [-0.2, 0) is 9.53 Å². The summed E-state index contributed by atoms with van der Waals surface area (Å²) >= 11 is 0. The van der Waals surface area contributed by atoms with Crippen LogP contribution in [0, 0.1) is 0 Å². The molecule has 3 aromatic carbocycles. The molecule has 8 atom stereocenters. The van der Waals surface area contributed by atoms with Crippen molar-refractivity contribution in [3.05, 3.63) is 65.7 Å². The average molecular weight is 620 g/mol. The summed E-state index contributed by atoms with van der Waals surface area (Å²) in [5, 5.41) is 56.4. The Balaban J connectivity index is 1.32. The lowest BCUT2D eigenvalue weighted by molar-refractivity contribution is -0.356. The Morgan fingerprint density at radius 2 is 1.87 bits per heavy atom. The van der Waals surface area contributed by atoms with E-state index in [4.69, 9.17) is 28.4 Å². The first-order valence-electron chi connectivity index (χ1n) is 14.3. The molecule has 5 heterocycles. The largest absolute Gasteiger partial charge is 0.508 e. The second kappa shape index (κ2) is 9.41. The van der Waals surface area contributed by atoms with Crippen LogP contribution in [0.25, 0.3) is 11.1 Å². The summed E-state index contributed by atoms with van der Waals surface area (Å²) in [6.07, 6.45) is -3.72. The maximum atomic E-state index is 12.3. The monoisotopic (exact) mass is 619 g/mol. The molecule has 0 aliphatic carbocycles. The van der Waals surface area contributed by atoms with Gasteiger partial charge in [-0.1, -0.05) is 24.3 Å². The number of carboxylic acids is 1. The predicted octanol–water partition coefficient (Wildman–Crippen LogP) is 2.06. The van der Waals surface area contributed by atoms with Crippen LogP contribution in [0.1, 0.15) is 23.1 Å². The Bertz CT molecular complexity index is 1790. The van der Waals surface area contributed by atoms with E-state index in [1.807, 2.05) is 12.1 Å². The summed E-state index contributed by atoms with van der Waals surface area (Å²) in [5.74, 6) is -1.93. The molecule has 8 rings (SSSR count). The number of fused-ring (bicyclic) bond motifs is 8. The number of aromatic hydroxyl groups is 1. The van der Waals surface area contributed by atoms with E-state index in [2.05, 4.69) is 5.32 Å². The van der Waals surface area contributed by atoms with Gasteiger partial charge in [0.2, 0.25) is 11.4 Å². The number of phenols is 1. The van der Waals surface area contributed by atoms with Crippen molar-refractivity contribution >= 4 is 11.7 Å². The fraction of sp³-hybridized carbons (Fsp3) is 0.344. The van der Waals surface area contributed by atoms with Gasteiger partial charge in [-0.2, -0.15) is 0 Å². The van der Waals surface area contributed by atoms with Crippen LogP contribution in [-0.4, -0.2) is 88.1 Å². The van der Waals surface area contributed by atoms with Gasteiger partial charge in [-0.15, -0.1) is 0 Å². The molecule has 0 saturated carbocycles. The van der Waals surface area contributed by atoms with E-state index in [0.29, 0.717) is 45.4 Å². The minimum absolute atomic E-state index is 0.0128. The van der Waals surface area contributed by atoms with Crippen molar-refractivity contribution in [2.24, 2.45) is 0 Å². The zero-order valence-electron chi connectivity index (χ0n) is 24.0. The van der Waals surface area contributed by atoms with Gasteiger partial charge in [-0.3, -0.25) is 0 Å². The molecule has 0 amide bonds. The van der Waals surface area contributed by atoms with Gasteiger partial charge >= 0.3 is 5.97 Å². The molecule has 8 unspecified atom stereocenters. The van der Waals surface area contributed by atoms with Crippen molar-refractivity contribution < 1.29 is 58.7 Å². The molecule has 13 heteroatoms. The molecule has 1 saturated heterocycles. The van der Waals surface area contributed by atoms with Crippen molar-refractivity contribution in [1.29, 1.82) is 0 Å². The highest BCUT2D eigenvalue weighted by atomic mass is 16.7. The lowest BCUT2D eigenvalue weighted by Gasteiger charge is -2.57. The zero-order chi connectivity index (χ0) is 31.4. The van der Waals surface area contributed by atoms with E-state index in [1.165, 1.54) is 19.3 Å². The molecule has 0 radical (unpaired) electrons. The van der Waals surface area contributed by atoms with Crippen molar-refractivity contribution in [1.82, 2.24) is 0 Å². The van der Waals surface area contributed by atoms with Gasteiger partial charge in [-0.25, -0.2) is 4.79 Å². The van der Waals surface area contributed by atoms with Gasteiger partial charge in [-0.05, 0) is 41.5 Å². The van der Waals surface area contributed by atoms with Crippen LogP contribution in [0.5, 0.6) is 34.5 Å². The Labute approximate surface area is 255 Å². The number of rotatable bonds is 4. The van der Waals surface area contributed by atoms with E-state index in [-0.39, 0.29) is 24.0 Å². The SMILES string of the molecule is COc1ccc2c(c1OC)OC1c3c(-c4cccc(O)c4)cc4c(c3OCC21)NC1C=CC2(C(=O)O)OC1(O4)C(O)C(O)C2O. The number of carboxylic acid groups (broad SMARTS) is 1. The number of hydrogen-bond donors (Lipinski definition) is 6. The zero-order valence-corrected chi connectivity index (χ0v) is 24.0. The van der Waals surface area contributed by atoms with Crippen LogP contribution < -0.4 is 29.0 Å². The first-order valence-corrected chi connectivity index (χ1v) is 14.3. The smallest absolute Gasteiger partial charge is 0.343 e. The highest BCUT2D eigenvalue weighted by Gasteiger charge is 2.70. The summed E-state index contributed by atoms with van der Waals surface area (Å²) in [5.41, 5.74) is 0.693. The predicted molar refractivity (Wildman–Crippen MR) is 154 cm³/mol. The summed E-state index contributed by atoms with van der Waals surface area (Å²) in [6.45, 7) is 0.218. The van der Waals surface area contributed by atoms with Crippen LogP contribution in [0.15, 0.2) is 54.6 Å². The third-order valence-electron chi connectivity index (χ3n) is 9.37. The van der Waals surface area contributed by atoms with E-state index >= 15 is 0 Å². The Morgan fingerprint density at radius 1 is 1.04 bits per heavy atom. The number of aliphatic hydroxyl groups excluding tert-OH is 3. The lowest BCUT2D eigenvalue weighted by Crippen LogP contribution is -2.79. The standard InChI is InChI=1S/C32H29NO12/c1-40-18-7-6-15-17-12-42-27-21(24(17)43-25(15)26(18)41-2)16(13-4-3-5-14(34)10-13)11-19-22(27)33-20-8-9-31(30(38)39)28(36)23(35)29(37)32(20,44-19)45-31/h3-11,17,20,23-24,28-29,33-37H,12H2,1-2H3,(H,38,39). The van der Waals surface area contributed by atoms with Crippen LogP contribution in [0.4, 0.5) is 5.69 Å². The van der Waals surface area contributed by atoms with Gasteiger partial charge in [0.05, 0.1) is 26.7 Å². The summed E-state index contributed by atoms with van der Waals surface area (Å²) in [4.78, 5) is 12.3. The average Bonchev–Trinajstić information content (AvgIpc) is 3.43. The lowest BCUT2D eigenvalue weighted by atomic mass is 9.76. The van der Waals surface area contributed by atoms with E-state index < -0.39 is 47.8 Å². The number of hydrogen-bond acceptors (Lipinski definition) is 12. The van der Waals surface area contributed by atoms with Crippen LogP contribution in [0.3, 0.4) is 0 Å². The van der Waals surface area contributed by atoms with Gasteiger partial charge < -0.3 is 59.3 Å². The van der Waals surface area contributed by atoms with Crippen molar-refractivity contribution in [2.75, 3.05) is 26.1 Å². The summed E-state index contributed by atoms with van der Waals surface area (Å²) in [6, 6.07) is 11.0. The number of anilines is 1. The summed E-state index contributed by atoms with van der Waals surface area (Å²) < 4.78 is 36.5. The fourth-order valence-electron chi connectivity index (χ4n) is 7.19. The molecule has 1 fully saturated rings. The van der Waals surface area contributed by atoms with E-state index in [0.717, 1.165) is 11.6 Å². The molecule has 5 aliphatic rings. The molecule has 0 aromatic heterocycles. The molecular formula is C32H29NO12. The topological polar surface area (TPSA) is 186 Å². The van der Waals surface area contributed by atoms with Crippen LogP contribution >= 0.6 is 0 Å².